The van der Waals surface area contributed by atoms with E-state index < -0.39 is 0 Å². The number of hydrogen-bond acceptors (Lipinski definition) is 6. The first-order chi connectivity index (χ1) is 13.0. The summed E-state index contributed by atoms with van der Waals surface area (Å²) in [6, 6.07) is 0.334. The Morgan fingerprint density at radius 2 is 2.00 bits per heavy atom. The molecule has 0 bridgehead atoms. The van der Waals surface area contributed by atoms with Gasteiger partial charge in [0.2, 0.25) is 5.91 Å². The number of piperidine rings is 1. The summed E-state index contributed by atoms with van der Waals surface area (Å²) >= 11 is 0. The van der Waals surface area contributed by atoms with Crippen LogP contribution in [0.1, 0.15) is 36.6 Å². The molecule has 0 N–H and O–H groups in total. The molecule has 8 heteroatoms. The van der Waals surface area contributed by atoms with Crippen LogP contribution in [0.2, 0.25) is 0 Å². The maximum atomic E-state index is 12.6. The van der Waals surface area contributed by atoms with E-state index in [-0.39, 0.29) is 24.1 Å². The number of aryl methyl sites for hydroxylation is 2. The number of hydrogen-bond donors (Lipinski definition) is 0. The van der Waals surface area contributed by atoms with Gasteiger partial charge in [-0.3, -0.25) is 14.2 Å². The monoisotopic (exact) mass is 371 g/mol. The summed E-state index contributed by atoms with van der Waals surface area (Å²) in [6.45, 7) is 6.65. The fourth-order valence-electron chi connectivity index (χ4n) is 3.03. The largest absolute Gasteiger partial charge is 0.458 e. The Hall–Kier alpha value is -2.77. The molecule has 3 rings (SSSR count). The smallest absolute Gasteiger partial charge is 0.316 e. The Labute approximate surface area is 158 Å². The lowest BCUT2D eigenvalue weighted by atomic mass is 10.1. The fourth-order valence-corrected chi connectivity index (χ4v) is 3.03. The number of amides is 1. The van der Waals surface area contributed by atoms with Gasteiger partial charge in [0.15, 0.2) is 0 Å². The average molecular weight is 371 g/mol. The lowest BCUT2D eigenvalue weighted by Gasteiger charge is -2.32. The van der Waals surface area contributed by atoms with Gasteiger partial charge in [-0.05, 0) is 38.7 Å². The summed E-state index contributed by atoms with van der Waals surface area (Å²) in [5.74, 6) is -0.113. The van der Waals surface area contributed by atoms with Crippen molar-refractivity contribution in [2.24, 2.45) is 0 Å². The van der Waals surface area contributed by atoms with E-state index in [0.717, 1.165) is 24.8 Å². The van der Waals surface area contributed by atoms with Gasteiger partial charge in [0.1, 0.15) is 12.6 Å². The Balaban J connectivity index is 1.62. The highest BCUT2D eigenvalue weighted by atomic mass is 16.5. The first-order valence-corrected chi connectivity index (χ1v) is 9.26. The van der Waals surface area contributed by atoms with Gasteiger partial charge in [-0.1, -0.05) is 6.92 Å². The summed E-state index contributed by atoms with van der Waals surface area (Å²) in [4.78, 5) is 39.3. The first-order valence-electron chi connectivity index (χ1n) is 9.26. The van der Waals surface area contributed by atoms with Crippen LogP contribution >= 0.6 is 0 Å². The average Bonchev–Trinajstić information content (AvgIpc) is 2.69. The van der Waals surface area contributed by atoms with Crippen LogP contribution in [0.25, 0.3) is 0 Å². The zero-order chi connectivity index (χ0) is 19.4. The van der Waals surface area contributed by atoms with E-state index in [4.69, 9.17) is 4.74 Å². The van der Waals surface area contributed by atoms with Crippen molar-refractivity contribution in [1.82, 2.24) is 24.4 Å². The molecule has 2 aromatic heterocycles. The van der Waals surface area contributed by atoms with E-state index in [1.54, 1.807) is 31.1 Å². The SMILES string of the molecule is CCc1cnc(OC2CCCN(C(=O)Cn3cnc(C)c(C)c3=O)C2)nc1. The minimum atomic E-state index is -0.176. The van der Waals surface area contributed by atoms with Gasteiger partial charge in [0, 0.05) is 30.2 Å². The first kappa shape index (κ1) is 19.0. The summed E-state index contributed by atoms with van der Waals surface area (Å²) < 4.78 is 7.21. The third-order valence-electron chi connectivity index (χ3n) is 4.91. The maximum absolute atomic E-state index is 12.6. The lowest BCUT2D eigenvalue weighted by Crippen LogP contribution is -2.46. The van der Waals surface area contributed by atoms with Gasteiger partial charge < -0.3 is 9.64 Å². The van der Waals surface area contributed by atoms with Crippen LogP contribution in [0, 0.1) is 13.8 Å². The third kappa shape index (κ3) is 4.50. The molecule has 27 heavy (non-hydrogen) atoms. The van der Waals surface area contributed by atoms with E-state index in [9.17, 15) is 9.59 Å². The molecule has 3 heterocycles. The van der Waals surface area contributed by atoms with E-state index in [1.165, 1.54) is 10.9 Å². The minimum absolute atomic E-state index is 0.0125. The van der Waals surface area contributed by atoms with Crippen molar-refractivity contribution in [1.29, 1.82) is 0 Å². The second-order valence-electron chi connectivity index (χ2n) is 6.84. The predicted octanol–water partition coefficient (Wildman–Crippen LogP) is 1.28. The number of aromatic nitrogens is 4. The second kappa shape index (κ2) is 8.28. The molecule has 1 aliphatic rings. The van der Waals surface area contributed by atoms with Crippen LogP contribution in [-0.2, 0) is 17.8 Å². The topological polar surface area (TPSA) is 90.2 Å². The molecule has 1 amide bonds. The molecule has 0 aromatic carbocycles. The number of ether oxygens (including phenoxy) is 1. The van der Waals surface area contributed by atoms with Crippen LogP contribution in [0.3, 0.4) is 0 Å². The lowest BCUT2D eigenvalue weighted by molar-refractivity contribution is -0.134. The molecular weight excluding hydrogens is 346 g/mol. The number of carbonyl (C=O) groups is 1. The van der Waals surface area contributed by atoms with Crippen molar-refractivity contribution >= 4 is 5.91 Å². The summed E-state index contributed by atoms with van der Waals surface area (Å²) in [5, 5.41) is 0. The molecule has 1 saturated heterocycles. The molecule has 1 unspecified atom stereocenters. The van der Waals surface area contributed by atoms with Crippen molar-refractivity contribution in [3.63, 3.8) is 0 Å². The molecule has 0 aliphatic carbocycles. The number of rotatable bonds is 5. The Bertz CT molecular complexity index is 863. The molecule has 0 saturated carbocycles. The molecule has 1 fully saturated rings. The predicted molar refractivity (Wildman–Crippen MR) is 99.6 cm³/mol. The number of carbonyl (C=O) groups excluding carboxylic acids is 1. The quantitative estimate of drug-likeness (QED) is 0.786. The fraction of sp³-hybridized carbons (Fsp3) is 0.526. The minimum Gasteiger partial charge on any atom is -0.458 e. The normalized spacial score (nSPS) is 17.0. The van der Waals surface area contributed by atoms with Gasteiger partial charge in [-0.15, -0.1) is 0 Å². The highest BCUT2D eigenvalue weighted by Crippen LogP contribution is 2.16. The van der Waals surface area contributed by atoms with Crippen molar-refractivity contribution in [2.75, 3.05) is 13.1 Å². The summed E-state index contributed by atoms with van der Waals surface area (Å²) in [5.41, 5.74) is 2.13. The summed E-state index contributed by atoms with van der Waals surface area (Å²) in [6.07, 6.45) is 7.35. The van der Waals surface area contributed by atoms with Gasteiger partial charge >= 0.3 is 6.01 Å². The van der Waals surface area contributed by atoms with Crippen LogP contribution in [0.4, 0.5) is 0 Å². The Morgan fingerprint density at radius 1 is 1.26 bits per heavy atom. The zero-order valence-corrected chi connectivity index (χ0v) is 16.0. The molecule has 0 spiro atoms. The molecule has 2 aromatic rings. The van der Waals surface area contributed by atoms with Crippen LogP contribution < -0.4 is 10.3 Å². The molecule has 0 radical (unpaired) electrons. The standard InChI is InChI=1S/C19H25N5O3/c1-4-15-8-20-19(21-9-15)27-16-6-5-7-23(10-16)17(25)11-24-12-22-14(3)13(2)18(24)26/h8-9,12,16H,4-7,10-11H2,1-3H3. The van der Waals surface area contributed by atoms with Gasteiger partial charge in [-0.25, -0.2) is 15.0 Å². The highest BCUT2D eigenvalue weighted by Gasteiger charge is 2.26. The molecule has 1 aliphatic heterocycles. The van der Waals surface area contributed by atoms with Crippen molar-refractivity contribution < 1.29 is 9.53 Å². The molecule has 144 valence electrons. The number of nitrogens with zero attached hydrogens (tertiary/aromatic N) is 5. The van der Waals surface area contributed by atoms with E-state index in [2.05, 4.69) is 15.0 Å². The van der Waals surface area contributed by atoms with Gasteiger partial charge in [0.25, 0.3) is 5.56 Å². The molecule has 8 nitrogen and oxygen atoms in total. The number of likely N-dealkylation sites (tertiary alicyclic amines) is 1. The Morgan fingerprint density at radius 3 is 2.70 bits per heavy atom. The van der Waals surface area contributed by atoms with Gasteiger partial charge in [0.05, 0.1) is 12.9 Å². The highest BCUT2D eigenvalue weighted by molar-refractivity contribution is 5.76. The van der Waals surface area contributed by atoms with Crippen molar-refractivity contribution in [3.8, 4) is 6.01 Å². The maximum Gasteiger partial charge on any atom is 0.316 e. The van der Waals surface area contributed by atoms with Crippen molar-refractivity contribution in [3.05, 3.63) is 45.9 Å². The molecular formula is C19H25N5O3. The van der Waals surface area contributed by atoms with Crippen LogP contribution in [-0.4, -0.2) is 49.5 Å². The third-order valence-corrected chi connectivity index (χ3v) is 4.91. The zero-order valence-electron chi connectivity index (χ0n) is 16.0. The second-order valence-corrected chi connectivity index (χ2v) is 6.84. The van der Waals surface area contributed by atoms with E-state index in [0.29, 0.717) is 30.4 Å². The van der Waals surface area contributed by atoms with E-state index >= 15 is 0 Å². The van der Waals surface area contributed by atoms with E-state index in [1.807, 2.05) is 6.92 Å². The molecule has 1 atom stereocenters. The summed E-state index contributed by atoms with van der Waals surface area (Å²) in [7, 11) is 0. The van der Waals surface area contributed by atoms with Crippen molar-refractivity contribution in [2.45, 2.75) is 52.7 Å². The van der Waals surface area contributed by atoms with Crippen LogP contribution in [0.15, 0.2) is 23.5 Å². The van der Waals surface area contributed by atoms with Gasteiger partial charge in [-0.2, -0.15) is 0 Å². The Kier molecular flexibility index (Phi) is 5.83. The van der Waals surface area contributed by atoms with Crippen LogP contribution in [0.5, 0.6) is 6.01 Å².